The Balaban J connectivity index is 4.31. The summed E-state index contributed by atoms with van der Waals surface area (Å²) in [5, 5.41) is 20.6. The molecule has 5 heteroatoms. The van der Waals surface area contributed by atoms with Gasteiger partial charge in [0.2, 0.25) is 5.91 Å². The zero-order chi connectivity index (χ0) is 11.9. The molecule has 0 saturated carbocycles. The van der Waals surface area contributed by atoms with E-state index in [-0.39, 0.29) is 31.6 Å². The highest BCUT2D eigenvalue weighted by atomic mass is 16.3. The first-order chi connectivity index (χ1) is 7.02. The van der Waals surface area contributed by atoms with Gasteiger partial charge in [0.1, 0.15) is 0 Å². The fourth-order valence-corrected chi connectivity index (χ4v) is 1.23. The largest absolute Gasteiger partial charge is 0.394 e. The Morgan fingerprint density at radius 2 is 2.00 bits per heavy atom. The van der Waals surface area contributed by atoms with Crippen LogP contribution in [0.4, 0.5) is 0 Å². The average molecular weight is 218 g/mol. The number of aliphatic hydroxyl groups excluding tert-OH is 2. The Morgan fingerprint density at radius 3 is 2.33 bits per heavy atom. The average Bonchev–Trinajstić information content (AvgIpc) is 2.25. The molecule has 5 nitrogen and oxygen atoms in total. The number of carbonyl (C=O) groups excluding carboxylic acids is 1. The molecule has 0 bridgehead atoms. The molecule has 0 spiro atoms. The molecule has 0 aliphatic carbocycles. The van der Waals surface area contributed by atoms with Crippen molar-refractivity contribution in [3.05, 3.63) is 0 Å². The zero-order valence-electron chi connectivity index (χ0n) is 9.49. The fraction of sp³-hybridized carbons (Fsp3) is 0.900. The van der Waals surface area contributed by atoms with Gasteiger partial charge in [-0.1, -0.05) is 13.3 Å². The van der Waals surface area contributed by atoms with Crippen LogP contribution in [0.3, 0.4) is 0 Å². The maximum Gasteiger partial charge on any atom is 0.224 e. The van der Waals surface area contributed by atoms with Gasteiger partial charge in [-0.2, -0.15) is 0 Å². The van der Waals surface area contributed by atoms with Crippen molar-refractivity contribution in [2.24, 2.45) is 11.7 Å². The summed E-state index contributed by atoms with van der Waals surface area (Å²) in [6.45, 7) is 3.27. The van der Waals surface area contributed by atoms with E-state index < -0.39 is 5.54 Å². The summed E-state index contributed by atoms with van der Waals surface area (Å²) in [7, 11) is 0. The summed E-state index contributed by atoms with van der Waals surface area (Å²) in [5.74, 6) is -0.447. The SMILES string of the molecule is CCCC(CN)C(=O)NC(C)(CO)CO. The molecule has 0 aliphatic rings. The van der Waals surface area contributed by atoms with Gasteiger partial charge in [0.15, 0.2) is 0 Å². The summed E-state index contributed by atoms with van der Waals surface area (Å²) >= 11 is 0. The van der Waals surface area contributed by atoms with Gasteiger partial charge in [0, 0.05) is 6.54 Å². The minimum atomic E-state index is -0.960. The van der Waals surface area contributed by atoms with Gasteiger partial charge in [-0.15, -0.1) is 0 Å². The van der Waals surface area contributed by atoms with Crippen LogP contribution in [0, 0.1) is 5.92 Å². The van der Waals surface area contributed by atoms with Crippen molar-refractivity contribution in [1.82, 2.24) is 5.32 Å². The molecule has 90 valence electrons. The lowest BCUT2D eigenvalue weighted by atomic mass is 9.99. The topological polar surface area (TPSA) is 95.6 Å². The van der Waals surface area contributed by atoms with Crippen molar-refractivity contribution in [2.45, 2.75) is 32.2 Å². The molecule has 0 fully saturated rings. The van der Waals surface area contributed by atoms with Gasteiger partial charge in [-0.05, 0) is 13.3 Å². The van der Waals surface area contributed by atoms with E-state index in [4.69, 9.17) is 15.9 Å². The van der Waals surface area contributed by atoms with Gasteiger partial charge in [0.25, 0.3) is 0 Å². The van der Waals surface area contributed by atoms with Crippen molar-refractivity contribution in [3.8, 4) is 0 Å². The van der Waals surface area contributed by atoms with Gasteiger partial charge in [-0.25, -0.2) is 0 Å². The van der Waals surface area contributed by atoms with Crippen molar-refractivity contribution in [2.75, 3.05) is 19.8 Å². The predicted molar refractivity (Wildman–Crippen MR) is 58.2 cm³/mol. The molecule has 15 heavy (non-hydrogen) atoms. The van der Waals surface area contributed by atoms with E-state index in [2.05, 4.69) is 5.32 Å². The van der Waals surface area contributed by atoms with E-state index in [1.807, 2.05) is 6.92 Å². The summed E-state index contributed by atoms with van der Waals surface area (Å²) in [4.78, 5) is 11.7. The van der Waals surface area contributed by atoms with Crippen LogP contribution in [0.1, 0.15) is 26.7 Å². The molecule has 0 aromatic heterocycles. The number of nitrogens with one attached hydrogen (secondary N) is 1. The fourth-order valence-electron chi connectivity index (χ4n) is 1.23. The van der Waals surface area contributed by atoms with Crippen LogP contribution in [0.15, 0.2) is 0 Å². The minimum Gasteiger partial charge on any atom is -0.394 e. The number of hydrogen-bond acceptors (Lipinski definition) is 4. The third-order valence-electron chi connectivity index (χ3n) is 2.42. The Labute approximate surface area is 90.7 Å². The maximum absolute atomic E-state index is 11.7. The Kier molecular flexibility index (Phi) is 6.47. The smallest absolute Gasteiger partial charge is 0.224 e. The summed E-state index contributed by atoms with van der Waals surface area (Å²) in [6.07, 6.45) is 1.60. The van der Waals surface area contributed by atoms with Crippen molar-refractivity contribution >= 4 is 5.91 Å². The van der Waals surface area contributed by atoms with Crippen LogP contribution < -0.4 is 11.1 Å². The number of rotatable bonds is 7. The molecule has 1 atom stereocenters. The predicted octanol–water partition coefficient (Wildman–Crippen LogP) is -0.779. The normalized spacial score (nSPS) is 13.7. The van der Waals surface area contributed by atoms with Crippen LogP contribution in [0.25, 0.3) is 0 Å². The number of hydrogen-bond donors (Lipinski definition) is 4. The summed E-state index contributed by atoms with van der Waals surface area (Å²) in [5.41, 5.74) is 4.52. The third-order valence-corrected chi connectivity index (χ3v) is 2.42. The monoisotopic (exact) mass is 218 g/mol. The second kappa shape index (κ2) is 6.76. The van der Waals surface area contributed by atoms with Crippen LogP contribution in [-0.4, -0.2) is 41.4 Å². The van der Waals surface area contributed by atoms with E-state index in [1.165, 1.54) is 0 Å². The lowest BCUT2D eigenvalue weighted by Gasteiger charge is -2.28. The van der Waals surface area contributed by atoms with E-state index in [9.17, 15) is 4.79 Å². The van der Waals surface area contributed by atoms with E-state index >= 15 is 0 Å². The molecule has 0 heterocycles. The molecule has 0 saturated heterocycles. The van der Waals surface area contributed by atoms with E-state index in [0.717, 1.165) is 12.8 Å². The number of nitrogens with two attached hydrogens (primary N) is 1. The Morgan fingerprint density at radius 1 is 1.47 bits per heavy atom. The third kappa shape index (κ3) is 4.59. The van der Waals surface area contributed by atoms with Crippen LogP contribution in [0.2, 0.25) is 0 Å². The molecule has 0 radical (unpaired) electrons. The molecular weight excluding hydrogens is 196 g/mol. The second-order valence-electron chi connectivity index (χ2n) is 4.09. The van der Waals surface area contributed by atoms with Crippen LogP contribution in [-0.2, 0) is 4.79 Å². The van der Waals surface area contributed by atoms with Crippen molar-refractivity contribution in [1.29, 1.82) is 0 Å². The first-order valence-corrected chi connectivity index (χ1v) is 5.26. The molecule has 0 rings (SSSR count). The Hall–Kier alpha value is -0.650. The van der Waals surface area contributed by atoms with Crippen LogP contribution in [0.5, 0.6) is 0 Å². The van der Waals surface area contributed by atoms with E-state index in [0.29, 0.717) is 0 Å². The van der Waals surface area contributed by atoms with Gasteiger partial charge in [0.05, 0.1) is 24.7 Å². The highest BCUT2D eigenvalue weighted by Gasteiger charge is 2.27. The molecule has 0 aliphatic heterocycles. The Bertz CT molecular complexity index is 193. The van der Waals surface area contributed by atoms with Crippen molar-refractivity contribution < 1.29 is 15.0 Å². The molecule has 1 amide bonds. The standard InChI is InChI=1S/C10H22N2O3/c1-3-4-8(5-11)9(15)12-10(2,6-13)7-14/h8,13-14H,3-7,11H2,1-2H3,(H,12,15). The summed E-state index contributed by atoms with van der Waals surface area (Å²) in [6, 6.07) is 0. The van der Waals surface area contributed by atoms with Crippen LogP contribution >= 0.6 is 0 Å². The molecule has 0 aromatic rings. The lowest BCUT2D eigenvalue weighted by Crippen LogP contribution is -2.54. The lowest BCUT2D eigenvalue weighted by molar-refractivity contribution is -0.128. The van der Waals surface area contributed by atoms with Gasteiger partial charge < -0.3 is 21.3 Å². The number of aliphatic hydroxyl groups is 2. The maximum atomic E-state index is 11.7. The second-order valence-corrected chi connectivity index (χ2v) is 4.09. The summed E-state index contributed by atoms with van der Waals surface area (Å²) < 4.78 is 0. The quantitative estimate of drug-likeness (QED) is 0.451. The molecule has 0 aromatic carbocycles. The highest BCUT2D eigenvalue weighted by molar-refractivity contribution is 5.79. The van der Waals surface area contributed by atoms with Gasteiger partial charge in [-0.3, -0.25) is 4.79 Å². The molecular formula is C10H22N2O3. The van der Waals surface area contributed by atoms with Gasteiger partial charge >= 0.3 is 0 Å². The highest BCUT2D eigenvalue weighted by Crippen LogP contribution is 2.08. The minimum absolute atomic E-state index is 0.204. The zero-order valence-corrected chi connectivity index (χ0v) is 9.49. The first kappa shape index (κ1) is 14.3. The van der Waals surface area contributed by atoms with Crippen molar-refractivity contribution in [3.63, 3.8) is 0 Å². The number of carbonyl (C=O) groups is 1. The molecule has 1 unspecified atom stereocenters. The first-order valence-electron chi connectivity index (χ1n) is 5.26. The van der Waals surface area contributed by atoms with E-state index in [1.54, 1.807) is 6.92 Å². The molecule has 5 N–H and O–H groups in total. The number of amides is 1.